The van der Waals surface area contributed by atoms with Crippen LogP contribution in [0.15, 0.2) is 24.3 Å². The summed E-state index contributed by atoms with van der Waals surface area (Å²) in [5, 5.41) is 4.46. The van der Waals surface area contributed by atoms with Gasteiger partial charge in [-0.25, -0.2) is 4.98 Å². The van der Waals surface area contributed by atoms with E-state index < -0.39 is 0 Å². The van der Waals surface area contributed by atoms with Crippen molar-refractivity contribution in [1.82, 2.24) is 15.2 Å². The van der Waals surface area contributed by atoms with E-state index in [2.05, 4.69) is 33.4 Å². The zero-order valence-electron chi connectivity index (χ0n) is 17.3. The minimum absolute atomic E-state index is 0.151. The van der Waals surface area contributed by atoms with Crippen molar-refractivity contribution in [2.24, 2.45) is 0 Å². The number of hydrogen-bond acceptors (Lipinski definition) is 5. The van der Waals surface area contributed by atoms with Crippen molar-refractivity contribution < 1.29 is 9.53 Å². The van der Waals surface area contributed by atoms with E-state index in [1.807, 2.05) is 6.07 Å². The number of amides is 1. The summed E-state index contributed by atoms with van der Waals surface area (Å²) in [6.45, 7) is 4.43. The molecule has 1 aliphatic heterocycles. The number of hydrogen-bond donors (Lipinski definition) is 1. The standard InChI is InChI=1S/C23H33N3O2S/c27-21(10-4-5-11-22-25-19-8-2-3-9-20(19)29-22)24-18-23(12-6-1-7-13-23)26-14-16-28-17-15-26/h2-3,8-9H,1,4-7,10-18H2,(H,24,27). The second-order valence-electron chi connectivity index (χ2n) is 8.44. The molecule has 1 amide bonds. The number of fused-ring (bicyclic) bond motifs is 1. The molecule has 1 saturated heterocycles. The highest BCUT2D eigenvalue weighted by Gasteiger charge is 2.38. The van der Waals surface area contributed by atoms with E-state index in [0.29, 0.717) is 6.42 Å². The van der Waals surface area contributed by atoms with Crippen LogP contribution in [0.1, 0.15) is 56.4 Å². The van der Waals surface area contributed by atoms with Crippen molar-refractivity contribution >= 4 is 27.5 Å². The molecule has 1 aromatic carbocycles. The highest BCUT2D eigenvalue weighted by molar-refractivity contribution is 7.18. The predicted octanol–water partition coefficient (Wildman–Crippen LogP) is 4.16. The Labute approximate surface area is 177 Å². The number of aromatic nitrogens is 1. The smallest absolute Gasteiger partial charge is 0.220 e. The van der Waals surface area contributed by atoms with Crippen LogP contribution < -0.4 is 5.32 Å². The molecule has 1 N–H and O–H groups in total. The number of carbonyl (C=O) groups excluding carboxylic acids is 1. The first-order valence-electron chi connectivity index (χ1n) is 11.2. The average Bonchev–Trinajstić information content (AvgIpc) is 3.19. The predicted molar refractivity (Wildman–Crippen MR) is 118 cm³/mol. The molecule has 2 fully saturated rings. The summed E-state index contributed by atoms with van der Waals surface area (Å²) >= 11 is 1.77. The first-order valence-corrected chi connectivity index (χ1v) is 12.0. The largest absolute Gasteiger partial charge is 0.379 e. The van der Waals surface area contributed by atoms with Crippen LogP contribution in [0, 0.1) is 0 Å². The summed E-state index contributed by atoms with van der Waals surface area (Å²) in [5.41, 5.74) is 1.24. The SMILES string of the molecule is O=C(CCCCc1nc2ccccc2s1)NCC1(N2CCOCC2)CCCCC1. The van der Waals surface area contributed by atoms with Gasteiger partial charge >= 0.3 is 0 Å². The number of morpholine rings is 1. The summed E-state index contributed by atoms with van der Waals surface area (Å²) in [5.74, 6) is 0.201. The Balaban J connectivity index is 1.21. The van der Waals surface area contributed by atoms with Crippen LogP contribution in [0.4, 0.5) is 0 Å². The molecule has 0 bridgehead atoms. The topological polar surface area (TPSA) is 54.5 Å². The summed E-state index contributed by atoms with van der Waals surface area (Å²) in [7, 11) is 0. The van der Waals surface area contributed by atoms with Crippen molar-refractivity contribution in [3.63, 3.8) is 0 Å². The molecule has 0 spiro atoms. The molecule has 158 valence electrons. The first-order chi connectivity index (χ1) is 14.3. The molecule has 1 aromatic heterocycles. The maximum Gasteiger partial charge on any atom is 0.220 e. The number of aryl methyl sites for hydroxylation is 1. The second-order valence-corrected chi connectivity index (χ2v) is 9.56. The molecule has 5 nitrogen and oxygen atoms in total. The molecule has 0 unspecified atom stereocenters. The molecule has 6 heteroatoms. The van der Waals surface area contributed by atoms with E-state index in [1.165, 1.54) is 41.8 Å². The average molecular weight is 416 g/mol. The number of thiazole rings is 1. The molecule has 4 rings (SSSR count). The number of unbranched alkanes of at least 4 members (excludes halogenated alkanes) is 1. The first kappa shape index (κ1) is 20.8. The Hall–Kier alpha value is -1.50. The van der Waals surface area contributed by atoms with E-state index >= 15 is 0 Å². The lowest BCUT2D eigenvalue weighted by Crippen LogP contribution is -2.59. The summed E-state index contributed by atoms with van der Waals surface area (Å²) in [6.07, 6.45) is 9.79. The van der Waals surface area contributed by atoms with Crippen LogP contribution in [-0.2, 0) is 16.0 Å². The van der Waals surface area contributed by atoms with Crippen LogP contribution in [0.3, 0.4) is 0 Å². The third-order valence-corrected chi connectivity index (χ3v) is 7.56. The Morgan fingerprint density at radius 2 is 1.93 bits per heavy atom. The van der Waals surface area contributed by atoms with Gasteiger partial charge in [-0.1, -0.05) is 31.4 Å². The van der Waals surface area contributed by atoms with E-state index in [4.69, 9.17) is 4.74 Å². The Morgan fingerprint density at radius 3 is 2.72 bits per heavy atom. The normalized spacial score (nSPS) is 20.0. The van der Waals surface area contributed by atoms with Gasteiger partial charge in [0.25, 0.3) is 0 Å². The molecule has 29 heavy (non-hydrogen) atoms. The van der Waals surface area contributed by atoms with Crippen LogP contribution >= 0.6 is 11.3 Å². The van der Waals surface area contributed by atoms with E-state index in [-0.39, 0.29) is 11.4 Å². The molecule has 1 aliphatic carbocycles. The molecular formula is C23H33N3O2S. The van der Waals surface area contributed by atoms with Crippen molar-refractivity contribution in [3.05, 3.63) is 29.3 Å². The van der Waals surface area contributed by atoms with Gasteiger partial charge in [0.15, 0.2) is 0 Å². The van der Waals surface area contributed by atoms with Gasteiger partial charge in [0.1, 0.15) is 0 Å². The lowest BCUT2D eigenvalue weighted by molar-refractivity contribution is -0.122. The quantitative estimate of drug-likeness (QED) is 0.658. The Morgan fingerprint density at radius 1 is 1.14 bits per heavy atom. The number of ether oxygens (including phenoxy) is 1. The lowest BCUT2D eigenvalue weighted by atomic mass is 9.79. The highest BCUT2D eigenvalue weighted by atomic mass is 32.1. The number of nitrogens with one attached hydrogen (secondary N) is 1. The van der Waals surface area contributed by atoms with Crippen LogP contribution in [0.25, 0.3) is 10.2 Å². The fourth-order valence-corrected chi connectivity index (χ4v) is 5.80. The Bertz CT molecular complexity index is 761. The van der Waals surface area contributed by atoms with Gasteiger partial charge in [-0.2, -0.15) is 0 Å². The molecule has 2 aromatic rings. The molecule has 0 radical (unpaired) electrons. The molecule has 1 saturated carbocycles. The zero-order valence-corrected chi connectivity index (χ0v) is 18.1. The maximum atomic E-state index is 12.5. The summed E-state index contributed by atoms with van der Waals surface area (Å²) in [4.78, 5) is 19.8. The van der Waals surface area contributed by atoms with Crippen molar-refractivity contribution in [1.29, 1.82) is 0 Å². The highest BCUT2D eigenvalue weighted by Crippen LogP contribution is 2.34. The third-order valence-electron chi connectivity index (χ3n) is 6.46. The van der Waals surface area contributed by atoms with Gasteiger partial charge < -0.3 is 10.1 Å². The van der Waals surface area contributed by atoms with Crippen LogP contribution in [0.2, 0.25) is 0 Å². The van der Waals surface area contributed by atoms with E-state index in [9.17, 15) is 4.79 Å². The van der Waals surface area contributed by atoms with Gasteiger partial charge in [0.05, 0.1) is 28.4 Å². The Kier molecular flexibility index (Phi) is 7.16. The number of benzene rings is 1. The zero-order chi connectivity index (χ0) is 19.9. The van der Waals surface area contributed by atoms with Crippen molar-refractivity contribution in [2.75, 3.05) is 32.8 Å². The van der Waals surface area contributed by atoms with Gasteiger partial charge in [-0.05, 0) is 44.2 Å². The second kappa shape index (κ2) is 10.0. The van der Waals surface area contributed by atoms with Crippen LogP contribution in [0.5, 0.6) is 0 Å². The minimum atomic E-state index is 0.151. The maximum absolute atomic E-state index is 12.5. The van der Waals surface area contributed by atoms with Crippen molar-refractivity contribution in [2.45, 2.75) is 63.3 Å². The fourth-order valence-electron chi connectivity index (χ4n) is 4.79. The van der Waals surface area contributed by atoms with Crippen LogP contribution in [-0.4, -0.2) is 54.2 Å². The molecule has 2 heterocycles. The third kappa shape index (κ3) is 5.36. The number of carbonyl (C=O) groups is 1. The van der Waals surface area contributed by atoms with Gasteiger partial charge in [-0.3, -0.25) is 9.69 Å². The van der Waals surface area contributed by atoms with E-state index in [1.54, 1.807) is 11.3 Å². The fraction of sp³-hybridized carbons (Fsp3) is 0.652. The molecular weight excluding hydrogens is 382 g/mol. The summed E-state index contributed by atoms with van der Waals surface area (Å²) < 4.78 is 6.80. The van der Waals surface area contributed by atoms with Crippen molar-refractivity contribution in [3.8, 4) is 0 Å². The monoisotopic (exact) mass is 415 g/mol. The van der Waals surface area contributed by atoms with E-state index in [0.717, 1.165) is 57.6 Å². The number of para-hydroxylation sites is 1. The number of nitrogens with zero attached hydrogens (tertiary/aromatic N) is 2. The molecule has 2 aliphatic rings. The molecule has 0 atom stereocenters. The van der Waals surface area contributed by atoms with Gasteiger partial charge in [0, 0.05) is 31.6 Å². The minimum Gasteiger partial charge on any atom is -0.379 e. The van der Waals surface area contributed by atoms with Gasteiger partial charge in [-0.15, -0.1) is 11.3 Å². The van der Waals surface area contributed by atoms with Gasteiger partial charge in [0.2, 0.25) is 5.91 Å². The summed E-state index contributed by atoms with van der Waals surface area (Å²) in [6, 6.07) is 8.29. The lowest BCUT2D eigenvalue weighted by Gasteiger charge is -2.48. The number of rotatable bonds is 8.